The van der Waals surface area contributed by atoms with Crippen molar-refractivity contribution in [3.8, 4) is 0 Å². The second kappa shape index (κ2) is 4.02. The Morgan fingerprint density at radius 1 is 1.40 bits per heavy atom. The maximum Gasteiger partial charge on any atom is 0.299 e. The fourth-order valence-corrected chi connectivity index (χ4v) is 1.42. The number of rotatable bonds is 1. The summed E-state index contributed by atoms with van der Waals surface area (Å²) in [6.45, 7) is 0.0753. The van der Waals surface area contributed by atoms with Crippen molar-refractivity contribution >= 4 is 33.5 Å². The van der Waals surface area contributed by atoms with Crippen molar-refractivity contribution in [2.45, 2.75) is 0 Å². The molecule has 1 aliphatic rings. The van der Waals surface area contributed by atoms with Gasteiger partial charge in [0.05, 0.1) is 5.69 Å². The van der Waals surface area contributed by atoms with E-state index in [2.05, 4.69) is 20.9 Å². The summed E-state index contributed by atoms with van der Waals surface area (Å²) in [6, 6.07) is 7.81. The molecule has 0 unspecified atom stereocenters. The molecule has 1 aliphatic heterocycles. The Balaban J connectivity index is 2.23. The van der Waals surface area contributed by atoms with E-state index in [1.807, 2.05) is 24.3 Å². The van der Waals surface area contributed by atoms with E-state index in [1.165, 1.54) is 4.90 Å². The lowest BCUT2D eigenvalue weighted by Crippen LogP contribution is -2.24. The van der Waals surface area contributed by atoms with Crippen LogP contribution in [-0.4, -0.2) is 30.5 Å². The molecule has 1 aromatic rings. The number of halogens is 1. The van der Waals surface area contributed by atoms with Crippen molar-refractivity contribution in [1.29, 1.82) is 0 Å². The number of carbonyl (C=O) groups excluding carboxylic acids is 1. The molecule has 15 heavy (non-hydrogen) atoms. The summed E-state index contributed by atoms with van der Waals surface area (Å²) in [4.78, 5) is 16.8. The van der Waals surface area contributed by atoms with E-state index in [0.717, 1.165) is 10.2 Å². The maximum absolute atomic E-state index is 11.1. The van der Waals surface area contributed by atoms with Gasteiger partial charge in [-0.05, 0) is 24.3 Å². The number of hydrogen-bond donors (Lipinski definition) is 0. The van der Waals surface area contributed by atoms with Gasteiger partial charge in [-0.1, -0.05) is 15.9 Å². The molecule has 1 saturated heterocycles. The predicted octanol–water partition coefficient (Wildman–Crippen LogP) is 1.93. The molecule has 0 saturated carbocycles. The number of aliphatic imine (C=N–C) groups is 1. The fraction of sp³-hybridized carbons (Fsp3) is 0.200. The third-order valence-corrected chi connectivity index (χ3v) is 2.57. The lowest BCUT2D eigenvalue weighted by Gasteiger charge is -2.05. The molecular weight excluding hydrogens is 260 g/mol. The summed E-state index contributed by atoms with van der Waals surface area (Å²) in [5.74, 6) is -0.0779. The highest BCUT2D eigenvalue weighted by Gasteiger charge is 2.24. The first-order valence-electron chi connectivity index (χ1n) is 4.40. The van der Waals surface area contributed by atoms with E-state index < -0.39 is 0 Å². The molecule has 2 rings (SSSR count). The van der Waals surface area contributed by atoms with Crippen molar-refractivity contribution in [2.75, 3.05) is 13.7 Å². The summed E-state index contributed by atoms with van der Waals surface area (Å²) < 4.78 is 6.12. The first kappa shape index (κ1) is 10.2. The Kier molecular flexibility index (Phi) is 2.73. The smallest absolute Gasteiger partial charge is 0.299 e. The van der Waals surface area contributed by atoms with Crippen LogP contribution in [0.15, 0.2) is 33.7 Å². The monoisotopic (exact) mass is 268 g/mol. The molecule has 1 aromatic carbocycles. The Morgan fingerprint density at radius 3 is 2.60 bits per heavy atom. The molecule has 0 aliphatic carbocycles. The SMILES string of the molecule is CN1C(=O)COC1=Nc1ccc(Br)cc1. The van der Waals surface area contributed by atoms with Crippen LogP contribution >= 0.6 is 15.9 Å². The summed E-state index contributed by atoms with van der Waals surface area (Å²) in [5, 5.41) is 0. The van der Waals surface area contributed by atoms with Crippen LogP contribution in [0, 0.1) is 0 Å². The van der Waals surface area contributed by atoms with Crippen LogP contribution in [0.4, 0.5) is 5.69 Å². The van der Waals surface area contributed by atoms with Crippen molar-refractivity contribution in [1.82, 2.24) is 4.90 Å². The van der Waals surface area contributed by atoms with Gasteiger partial charge >= 0.3 is 0 Å². The van der Waals surface area contributed by atoms with Crippen molar-refractivity contribution in [2.24, 2.45) is 4.99 Å². The molecule has 1 amide bonds. The zero-order valence-electron chi connectivity index (χ0n) is 8.11. The minimum atomic E-state index is -0.0779. The van der Waals surface area contributed by atoms with Gasteiger partial charge in [-0.15, -0.1) is 0 Å². The van der Waals surface area contributed by atoms with Crippen molar-refractivity contribution in [3.63, 3.8) is 0 Å². The van der Waals surface area contributed by atoms with Crippen LogP contribution in [0.25, 0.3) is 0 Å². The summed E-state index contributed by atoms with van der Waals surface area (Å²) in [5.41, 5.74) is 0.759. The molecular formula is C10H9BrN2O2. The van der Waals surface area contributed by atoms with Gasteiger partial charge in [0.2, 0.25) is 0 Å². The van der Waals surface area contributed by atoms with Crippen LogP contribution in [-0.2, 0) is 9.53 Å². The Morgan fingerprint density at radius 2 is 2.07 bits per heavy atom. The number of benzene rings is 1. The highest BCUT2D eigenvalue weighted by molar-refractivity contribution is 9.10. The van der Waals surface area contributed by atoms with Crippen LogP contribution in [0.3, 0.4) is 0 Å². The summed E-state index contributed by atoms with van der Waals surface area (Å²) >= 11 is 3.34. The van der Waals surface area contributed by atoms with E-state index >= 15 is 0 Å². The average Bonchev–Trinajstić information content (AvgIpc) is 2.53. The molecule has 4 nitrogen and oxygen atoms in total. The van der Waals surface area contributed by atoms with Gasteiger partial charge in [0, 0.05) is 11.5 Å². The minimum absolute atomic E-state index is 0.0753. The second-order valence-corrected chi connectivity index (χ2v) is 4.03. The number of amides is 1. The average molecular weight is 269 g/mol. The largest absolute Gasteiger partial charge is 0.454 e. The highest BCUT2D eigenvalue weighted by atomic mass is 79.9. The standard InChI is InChI=1S/C10H9BrN2O2/c1-13-9(14)6-15-10(13)12-8-4-2-7(11)3-5-8/h2-5H,6H2,1H3. The molecule has 0 aromatic heterocycles. The molecule has 78 valence electrons. The van der Waals surface area contributed by atoms with Gasteiger partial charge in [-0.2, -0.15) is 4.99 Å². The third kappa shape index (κ3) is 2.18. The summed E-state index contributed by atoms with van der Waals surface area (Å²) in [7, 11) is 1.65. The maximum atomic E-state index is 11.1. The summed E-state index contributed by atoms with van der Waals surface area (Å²) in [6.07, 6.45) is 0. The number of hydrogen-bond acceptors (Lipinski definition) is 3. The first-order chi connectivity index (χ1) is 7.16. The van der Waals surface area contributed by atoms with Crippen molar-refractivity contribution in [3.05, 3.63) is 28.7 Å². The van der Waals surface area contributed by atoms with E-state index in [4.69, 9.17) is 4.74 Å². The fourth-order valence-electron chi connectivity index (χ4n) is 1.16. The number of carbonyl (C=O) groups is 1. The van der Waals surface area contributed by atoms with Crippen molar-refractivity contribution < 1.29 is 9.53 Å². The highest BCUT2D eigenvalue weighted by Crippen LogP contribution is 2.18. The Hall–Kier alpha value is -1.36. The predicted molar refractivity (Wildman–Crippen MR) is 60.0 cm³/mol. The molecule has 5 heteroatoms. The van der Waals surface area contributed by atoms with Gasteiger partial charge in [0.1, 0.15) is 0 Å². The van der Waals surface area contributed by atoms with Crippen LogP contribution in [0.2, 0.25) is 0 Å². The molecule has 1 fully saturated rings. The normalized spacial score (nSPS) is 18.4. The molecule has 0 spiro atoms. The lowest BCUT2D eigenvalue weighted by atomic mass is 10.3. The molecule has 0 radical (unpaired) electrons. The van der Waals surface area contributed by atoms with E-state index in [1.54, 1.807) is 7.05 Å². The lowest BCUT2D eigenvalue weighted by molar-refractivity contribution is -0.124. The van der Waals surface area contributed by atoms with E-state index in [-0.39, 0.29) is 12.5 Å². The quantitative estimate of drug-likeness (QED) is 0.781. The number of likely N-dealkylation sites (N-methyl/N-ethyl adjacent to an activating group) is 1. The van der Waals surface area contributed by atoms with Gasteiger partial charge in [0.25, 0.3) is 11.9 Å². The Bertz CT molecular complexity index is 414. The zero-order valence-corrected chi connectivity index (χ0v) is 9.69. The topological polar surface area (TPSA) is 41.9 Å². The van der Waals surface area contributed by atoms with Gasteiger partial charge in [0.15, 0.2) is 6.61 Å². The van der Waals surface area contributed by atoms with Crippen LogP contribution in [0.1, 0.15) is 0 Å². The molecule has 0 N–H and O–H groups in total. The van der Waals surface area contributed by atoms with E-state index in [9.17, 15) is 4.79 Å². The molecule has 0 bridgehead atoms. The van der Waals surface area contributed by atoms with Crippen LogP contribution < -0.4 is 0 Å². The van der Waals surface area contributed by atoms with Gasteiger partial charge in [-0.3, -0.25) is 9.69 Å². The van der Waals surface area contributed by atoms with E-state index in [0.29, 0.717) is 6.02 Å². The van der Waals surface area contributed by atoms with Gasteiger partial charge in [-0.25, -0.2) is 0 Å². The second-order valence-electron chi connectivity index (χ2n) is 3.11. The number of amidine groups is 1. The third-order valence-electron chi connectivity index (χ3n) is 2.04. The van der Waals surface area contributed by atoms with Crippen LogP contribution in [0.5, 0.6) is 0 Å². The number of ether oxygens (including phenoxy) is 1. The minimum Gasteiger partial charge on any atom is -0.454 e. The Labute approximate surface area is 95.7 Å². The first-order valence-corrected chi connectivity index (χ1v) is 5.20. The zero-order chi connectivity index (χ0) is 10.8. The number of nitrogens with zero attached hydrogens (tertiary/aromatic N) is 2. The van der Waals surface area contributed by atoms with Gasteiger partial charge < -0.3 is 4.74 Å². The molecule has 1 heterocycles. The molecule has 0 atom stereocenters.